The fourth-order valence-corrected chi connectivity index (χ4v) is 3.11. The third-order valence-electron chi connectivity index (χ3n) is 4.35. The van der Waals surface area contributed by atoms with Gasteiger partial charge in [-0.25, -0.2) is 0 Å². The molecule has 1 heterocycles. The normalized spacial score (nSPS) is 17.8. The van der Waals surface area contributed by atoms with E-state index in [9.17, 15) is 0 Å². The van der Waals surface area contributed by atoms with Gasteiger partial charge in [-0.15, -0.1) is 0 Å². The van der Waals surface area contributed by atoms with Crippen LogP contribution in [0.3, 0.4) is 0 Å². The van der Waals surface area contributed by atoms with Crippen LogP contribution in [0.25, 0.3) is 0 Å². The summed E-state index contributed by atoms with van der Waals surface area (Å²) < 4.78 is 0. The Hall–Kier alpha value is -0.890. The molecule has 106 valence electrons. The smallest absolute Gasteiger partial charge is 0.0419 e. The number of pyridine rings is 1. The van der Waals surface area contributed by atoms with E-state index in [1.54, 1.807) is 0 Å². The molecular formula is C17H28N2. The highest BCUT2D eigenvalue weighted by Crippen LogP contribution is 2.29. The van der Waals surface area contributed by atoms with Crippen LogP contribution in [-0.4, -0.2) is 17.6 Å². The van der Waals surface area contributed by atoms with Crippen molar-refractivity contribution in [2.45, 2.75) is 64.8 Å². The van der Waals surface area contributed by atoms with E-state index in [0.29, 0.717) is 6.04 Å². The first kappa shape index (κ1) is 14.5. The predicted molar refractivity (Wildman–Crippen MR) is 81.4 cm³/mol. The number of rotatable bonds is 7. The molecule has 2 rings (SSSR count). The Kier molecular flexibility index (Phi) is 5.84. The zero-order valence-corrected chi connectivity index (χ0v) is 12.5. The maximum atomic E-state index is 4.63. The summed E-state index contributed by atoms with van der Waals surface area (Å²) in [5.41, 5.74) is 2.58. The highest BCUT2D eigenvalue weighted by molar-refractivity contribution is 5.15. The van der Waals surface area contributed by atoms with E-state index in [4.69, 9.17) is 0 Å². The van der Waals surface area contributed by atoms with Gasteiger partial charge in [0.2, 0.25) is 0 Å². The van der Waals surface area contributed by atoms with Crippen LogP contribution in [0.4, 0.5) is 0 Å². The van der Waals surface area contributed by atoms with Gasteiger partial charge in [0, 0.05) is 24.4 Å². The van der Waals surface area contributed by atoms with Crippen molar-refractivity contribution >= 4 is 0 Å². The summed E-state index contributed by atoms with van der Waals surface area (Å²) in [6, 6.07) is 5.07. The van der Waals surface area contributed by atoms with E-state index in [1.807, 2.05) is 6.20 Å². The second-order valence-electron chi connectivity index (χ2n) is 5.82. The van der Waals surface area contributed by atoms with Crippen molar-refractivity contribution in [1.29, 1.82) is 0 Å². The molecule has 1 aliphatic carbocycles. The van der Waals surface area contributed by atoms with E-state index in [-0.39, 0.29) is 0 Å². The van der Waals surface area contributed by atoms with Gasteiger partial charge >= 0.3 is 0 Å². The molecule has 0 aliphatic heterocycles. The van der Waals surface area contributed by atoms with Gasteiger partial charge in [-0.05, 0) is 49.8 Å². The minimum Gasteiger partial charge on any atom is -0.313 e. The van der Waals surface area contributed by atoms with Crippen LogP contribution in [0.15, 0.2) is 18.3 Å². The van der Waals surface area contributed by atoms with Crippen LogP contribution in [-0.2, 0) is 12.8 Å². The monoisotopic (exact) mass is 260 g/mol. The van der Waals surface area contributed by atoms with Crippen molar-refractivity contribution in [1.82, 2.24) is 10.3 Å². The second-order valence-corrected chi connectivity index (χ2v) is 5.82. The molecule has 0 radical (unpaired) electrons. The van der Waals surface area contributed by atoms with Gasteiger partial charge in [0.25, 0.3) is 0 Å². The van der Waals surface area contributed by atoms with Crippen LogP contribution < -0.4 is 5.32 Å². The van der Waals surface area contributed by atoms with Crippen molar-refractivity contribution in [3.8, 4) is 0 Å². The van der Waals surface area contributed by atoms with E-state index in [0.717, 1.165) is 25.3 Å². The molecule has 0 bridgehead atoms. The summed E-state index contributed by atoms with van der Waals surface area (Å²) in [6.07, 6.45) is 11.0. The number of hydrogen-bond acceptors (Lipinski definition) is 2. The molecule has 1 fully saturated rings. The predicted octanol–water partition coefficient (Wildman–Crippen LogP) is 3.74. The van der Waals surface area contributed by atoms with Crippen molar-refractivity contribution < 1.29 is 0 Å². The number of aromatic nitrogens is 1. The quantitative estimate of drug-likeness (QED) is 0.807. The zero-order valence-electron chi connectivity index (χ0n) is 12.5. The van der Waals surface area contributed by atoms with Crippen LogP contribution in [0, 0.1) is 5.92 Å². The summed E-state index contributed by atoms with van der Waals surface area (Å²) >= 11 is 0. The highest BCUT2D eigenvalue weighted by atomic mass is 14.9. The SMILES string of the molecule is CCCNC(Cc1ccc(CC)cn1)C1CCCC1. The molecule has 2 heteroatoms. The molecule has 0 amide bonds. The van der Waals surface area contributed by atoms with Crippen LogP contribution in [0.2, 0.25) is 0 Å². The molecule has 19 heavy (non-hydrogen) atoms. The molecular weight excluding hydrogens is 232 g/mol. The van der Waals surface area contributed by atoms with Gasteiger partial charge in [0.1, 0.15) is 0 Å². The Bertz CT molecular complexity index is 352. The molecule has 1 N–H and O–H groups in total. The first-order valence-electron chi connectivity index (χ1n) is 8.00. The van der Waals surface area contributed by atoms with E-state index in [2.05, 4.69) is 36.3 Å². The number of hydrogen-bond donors (Lipinski definition) is 1. The van der Waals surface area contributed by atoms with Crippen LogP contribution in [0.5, 0.6) is 0 Å². The van der Waals surface area contributed by atoms with Crippen molar-refractivity contribution in [3.63, 3.8) is 0 Å². The molecule has 2 nitrogen and oxygen atoms in total. The Morgan fingerprint density at radius 3 is 2.63 bits per heavy atom. The molecule has 0 spiro atoms. The number of aryl methyl sites for hydroxylation is 1. The van der Waals surface area contributed by atoms with Crippen LogP contribution in [0.1, 0.15) is 57.2 Å². The van der Waals surface area contributed by atoms with Gasteiger partial charge in [-0.1, -0.05) is 32.8 Å². The van der Waals surface area contributed by atoms with E-state index < -0.39 is 0 Å². The Morgan fingerprint density at radius 1 is 1.26 bits per heavy atom. The van der Waals surface area contributed by atoms with Gasteiger partial charge in [0.15, 0.2) is 0 Å². The first-order valence-corrected chi connectivity index (χ1v) is 8.00. The maximum Gasteiger partial charge on any atom is 0.0419 e. The third-order valence-corrected chi connectivity index (χ3v) is 4.35. The van der Waals surface area contributed by atoms with Crippen molar-refractivity contribution in [3.05, 3.63) is 29.6 Å². The average Bonchev–Trinajstić information content (AvgIpc) is 2.98. The molecule has 1 saturated carbocycles. The Balaban J connectivity index is 1.96. The van der Waals surface area contributed by atoms with Gasteiger partial charge < -0.3 is 5.32 Å². The molecule has 1 aromatic heterocycles. The first-order chi connectivity index (χ1) is 9.33. The second kappa shape index (κ2) is 7.64. The fraction of sp³-hybridized carbons (Fsp3) is 0.706. The van der Waals surface area contributed by atoms with E-state index >= 15 is 0 Å². The van der Waals surface area contributed by atoms with Crippen molar-refractivity contribution in [2.24, 2.45) is 5.92 Å². The summed E-state index contributed by atoms with van der Waals surface area (Å²) in [6.45, 7) is 5.56. The van der Waals surface area contributed by atoms with Gasteiger partial charge in [-0.3, -0.25) is 4.98 Å². The summed E-state index contributed by atoms with van der Waals surface area (Å²) in [7, 11) is 0. The summed E-state index contributed by atoms with van der Waals surface area (Å²) in [5, 5.41) is 3.75. The molecule has 0 aromatic carbocycles. The molecule has 0 saturated heterocycles. The standard InChI is InChI=1S/C17H28N2/c1-3-11-18-17(15-7-5-6-8-15)12-16-10-9-14(4-2)13-19-16/h9-10,13,15,17-18H,3-8,11-12H2,1-2H3. The largest absolute Gasteiger partial charge is 0.313 e. The number of nitrogens with zero attached hydrogens (tertiary/aromatic N) is 1. The lowest BCUT2D eigenvalue weighted by Gasteiger charge is -2.24. The van der Waals surface area contributed by atoms with Gasteiger partial charge in [-0.2, -0.15) is 0 Å². The van der Waals surface area contributed by atoms with Gasteiger partial charge in [0.05, 0.1) is 0 Å². The number of nitrogens with one attached hydrogen (secondary N) is 1. The lowest BCUT2D eigenvalue weighted by atomic mass is 9.93. The lowest BCUT2D eigenvalue weighted by molar-refractivity contribution is 0.354. The highest BCUT2D eigenvalue weighted by Gasteiger charge is 2.24. The summed E-state index contributed by atoms with van der Waals surface area (Å²) in [5.74, 6) is 0.860. The lowest BCUT2D eigenvalue weighted by Crippen LogP contribution is -2.37. The maximum absolute atomic E-state index is 4.63. The average molecular weight is 260 g/mol. The molecule has 1 aromatic rings. The third kappa shape index (κ3) is 4.31. The van der Waals surface area contributed by atoms with Crippen LogP contribution >= 0.6 is 0 Å². The Morgan fingerprint density at radius 2 is 2.05 bits per heavy atom. The summed E-state index contributed by atoms with van der Waals surface area (Å²) in [4.78, 5) is 4.63. The van der Waals surface area contributed by atoms with Crippen molar-refractivity contribution in [2.75, 3.05) is 6.54 Å². The fourth-order valence-electron chi connectivity index (χ4n) is 3.11. The van der Waals surface area contributed by atoms with E-state index in [1.165, 1.54) is 43.4 Å². The zero-order chi connectivity index (χ0) is 13.5. The molecule has 1 unspecified atom stereocenters. The Labute approximate surface area is 118 Å². The molecule has 1 atom stereocenters. The minimum atomic E-state index is 0.627. The molecule has 1 aliphatic rings. The topological polar surface area (TPSA) is 24.9 Å². The minimum absolute atomic E-state index is 0.627.